The number of carbonyl (C=O) groups excluding carboxylic acids is 2. The average molecular weight is 183 g/mol. The van der Waals surface area contributed by atoms with E-state index in [4.69, 9.17) is 0 Å². The number of rotatable bonds is 3. The Morgan fingerprint density at radius 3 is 2.62 bits per heavy atom. The zero-order valence-corrected chi connectivity index (χ0v) is 7.85. The molecule has 0 spiro atoms. The van der Waals surface area contributed by atoms with Crippen molar-refractivity contribution >= 4 is 11.9 Å². The number of hydrogen-bond donors (Lipinski definition) is 1. The summed E-state index contributed by atoms with van der Waals surface area (Å²) in [6, 6.07) is 0. The monoisotopic (exact) mass is 183 g/mol. The SMILES string of the molecule is CCOC(=O)C#CCNC(=O)CC. The third kappa shape index (κ3) is 6.88. The summed E-state index contributed by atoms with van der Waals surface area (Å²) in [5, 5.41) is 2.51. The van der Waals surface area contributed by atoms with Gasteiger partial charge >= 0.3 is 5.97 Å². The Morgan fingerprint density at radius 2 is 2.08 bits per heavy atom. The minimum Gasteiger partial charge on any atom is -0.456 e. The first-order chi connectivity index (χ1) is 6.20. The van der Waals surface area contributed by atoms with Gasteiger partial charge in [-0.15, -0.1) is 0 Å². The first-order valence-electron chi connectivity index (χ1n) is 4.13. The third-order valence-electron chi connectivity index (χ3n) is 1.16. The highest BCUT2D eigenvalue weighted by atomic mass is 16.5. The molecule has 0 rings (SSSR count). The highest BCUT2D eigenvalue weighted by Crippen LogP contribution is 1.74. The summed E-state index contributed by atoms with van der Waals surface area (Å²) < 4.78 is 4.55. The zero-order chi connectivity index (χ0) is 10.1. The second kappa shape index (κ2) is 7.17. The van der Waals surface area contributed by atoms with E-state index in [1.807, 2.05) is 0 Å². The first kappa shape index (κ1) is 11.5. The maximum Gasteiger partial charge on any atom is 0.384 e. The lowest BCUT2D eigenvalue weighted by atomic mass is 10.4. The van der Waals surface area contributed by atoms with E-state index in [1.54, 1.807) is 13.8 Å². The van der Waals surface area contributed by atoms with Crippen molar-refractivity contribution in [2.24, 2.45) is 0 Å². The molecule has 4 nitrogen and oxygen atoms in total. The molecule has 0 saturated carbocycles. The van der Waals surface area contributed by atoms with Crippen LogP contribution in [0.4, 0.5) is 0 Å². The summed E-state index contributed by atoms with van der Waals surface area (Å²) in [6.07, 6.45) is 0.418. The van der Waals surface area contributed by atoms with Gasteiger partial charge in [0, 0.05) is 12.3 Å². The van der Waals surface area contributed by atoms with Crippen LogP contribution in [0.3, 0.4) is 0 Å². The van der Waals surface area contributed by atoms with E-state index in [1.165, 1.54) is 0 Å². The van der Waals surface area contributed by atoms with Crippen molar-refractivity contribution in [3.05, 3.63) is 0 Å². The normalized spacial score (nSPS) is 8.15. The number of nitrogens with one attached hydrogen (secondary N) is 1. The maximum atomic E-state index is 10.7. The predicted molar refractivity (Wildman–Crippen MR) is 47.7 cm³/mol. The fraction of sp³-hybridized carbons (Fsp3) is 0.556. The lowest BCUT2D eigenvalue weighted by Gasteiger charge is -1.95. The lowest BCUT2D eigenvalue weighted by Crippen LogP contribution is -2.22. The Kier molecular flexibility index (Phi) is 6.34. The van der Waals surface area contributed by atoms with Gasteiger partial charge in [-0.3, -0.25) is 4.79 Å². The highest BCUT2D eigenvalue weighted by molar-refractivity contribution is 5.88. The summed E-state index contributed by atoms with van der Waals surface area (Å²) >= 11 is 0. The van der Waals surface area contributed by atoms with E-state index in [0.29, 0.717) is 13.0 Å². The molecule has 0 aliphatic carbocycles. The number of hydrogen-bond acceptors (Lipinski definition) is 3. The van der Waals surface area contributed by atoms with Crippen LogP contribution in [0.25, 0.3) is 0 Å². The molecular formula is C9H13NO3. The molecule has 0 aromatic rings. The lowest BCUT2D eigenvalue weighted by molar-refractivity contribution is -0.136. The second-order valence-corrected chi connectivity index (χ2v) is 2.15. The fourth-order valence-electron chi connectivity index (χ4n) is 0.551. The van der Waals surface area contributed by atoms with Crippen LogP contribution >= 0.6 is 0 Å². The fourth-order valence-corrected chi connectivity index (χ4v) is 0.551. The van der Waals surface area contributed by atoms with Gasteiger partial charge in [-0.25, -0.2) is 4.79 Å². The van der Waals surface area contributed by atoms with Crippen molar-refractivity contribution in [1.29, 1.82) is 0 Å². The summed E-state index contributed by atoms with van der Waals surface area (Å²) in [6.45, 7) is 3.95. The number of carbonyl (C=O) groups is 2. The van der Waals surface area contributed by atoms with Crippen LogP contribution in [0, 0.1) is 11.8 Å². The molecule has 0 atom stereocenters. The standard InChI is InChI=1S/C9H13NO3/c1-3-8(11)10-7-5-6-9(12)13-4-2/h3-4,7H2,1-2H3,(H,10,11). The first-order valence-corrected chi connectivity index (χ1v) is 4.13. The quantitative estimate of drug-likeness (QED) is 0.383. The summed E-state index contributed by atoms with van der Waals surface area (Å²) in [5.41, 5.74) is 0. The van der Waals surface area contributed by atoms with Crippen molar-refractivity contribution in [3.63, 3.8) is 0 Å². The van der Waals surface area contributed by atoms with E-state index >= 15 is 0 Å². The van der Waals surface area contributed by atoms with Crippen LogP contribution in [0.15, 0.2) is 0 Å². The van der Waals surface area contributed by atoms with Gasteiger partial charge < -0.3 is 10.1 Å². The second-order valence-electron chi connectivity index (χ2n) is 2.15. The van der Waals surface area contributed by atoms with E-state index in [9.17, 15) is 9.59 Å². The molecule has 0 saturated heterocycles. The predicted octanol–water partition coefficient (Wildman–Crippen LogP) is 0.0791. The van der Waals surface area contributed by atoms with Gasteiger partial charge in [0.25, 0.3) is 0 Å². The molecule has 1 N–H and O–H groups in total. The molecule has 0 heterocycles. The molecule has 72 valence electrons. The van der Waals surface area contributed by atoms with Crippen LogP contribution in [0.2, 0.25) is 0 Å². The Hall–Kier alpha value is -1.50. The van der Waals surface area contributed by atoms with Crippen molar-refractivity contribution in [1.82, 2.24) is 5.32 Å². The van der Waals surface area contributed by atoms with E-state index in [0.717, 1.165) is 0 Å². The molecule has 13 heavy (non-hydrogen) atoms. The van der Waals surface area contributed by atoms with Crippen LogP contribution in [-0.2, 0) is 14.3 Å². The Morgan fingerprint density at radius 1 is 1.38 bits per heavy atom. The van der Waals surface area contributed by atoms with E-state index in [-0.39, 0.29) is 12.5 Å². The van der Waals surface area contributed by atoms with Crippen molar-refractivity contribution in [2.75, 3.05) is 13.2 Å². The molecular weight excluding hydrogens is 170 g/mol. The van der Waals surface area contributed by atoms with Gasteiger partial charge in [-0.2, -0.15) is 0 Å². The van der Waals surface area contributed by atoms with Gasteiger partial charge in [-0.05, 0) is 6.92 Å². The molecule has 0 aliphatic rings. The Labute approximate surface area is 77.6 Å². The number of amides is 1. The van der Waals surface area contributed by atoms with Crippen molar-refractivity contribution in [3.8, 4) is 11.8 Å². The maximum absolute atomic E-state index is 10.7. The van der Waals surface area contributed by atoms with Crippen LogP contribution in [0.1, 0.15) is 20.3 Å². The van der Waals surface area contributed by atoms with E-state index < -0.39 is 5.97 Å². The zero-order valence-electron chi connectivity index (χ0n) is 7.85. The van der Waals surface area contributed by atoms with Gasteiger partial charge in [-0.1, -0.05) is 12.8 Å². The largest absolute Gasteiger partial charge is 0.456 e. The van der Waals surface area contributed by atoms with Crippen molar-refractivity contribution < 1.29 is 14.3 Å². The van der Waals surface area contributed by atoms with Crippen molar-refractivity contribution in [2.45, 2.75) is 20.3 Å². The van der Waals surface area contributed by atoms with Gasteiger partial charge in [0.2, 0.25) is 5.91 Å². The average Bonchev–Trinajstić information content (AvgIpc) is 2.12. The molecule has 0 aliphatic heterocycles. The molecule has 0 bridgehead atoms. The minimum atomic E-state index is -0.562. The smallest absolute Gasteiger partial charge is 0.384 e. The van der Waals surface area contributed by atoms with Crippen LogP contribution < -0.4 is 5.32 Å². The molecule has 0 radical (unpaired) electrons. The summed E-state index contributed by atoms with van der Waals surface area (Å²) in [7, 11) is 0. The minimum absolute atomic E-state index is 0.0850. The highest BCUT2D eigenvalue weighted by Gasteiger charge is 1.93. The van der Waals surface area contributed by atoms with Crippen LogP contribution in [0.5, 0.6) is 0 Å². The third-order valence-corrected chi connectivity index (χ3v) is 1.16. The summed E-state index contributed by atoms with van der Waals surface area (Å²) in [4.78, 5) is 21.3. The van der Waals surface area contributed by atoms with Gasteiger partial charge in [0.1, 0.15) is 0 Å². The molecule has 0 unspecified atom stereocenters. The molecule has 0 aromatic carbocycles. The topological polar surface area (TPSA) is 55.4 Å². The number of ether oxygens (including phenoxy) is 1. The number of esters is 1. The van der Waals surface area contributed by atoms with Crippen LogP contribution in [-0.4, -0.2) is 25.0 Å². The Balaban J connectivity index is 3.61. The van der Waals surface area contributed by atoms with E-state index in [2.05, 4.69) is 21.9 Å². The molecule has 4 heteroatoms. The molecule has 0 fully saturated rings. The van der Waals surface area contributed by atoms with Gasteiger partial charge in [0.05, 0.1) is 13.2 Å². The Bertz CT molecular complexity index is 237. The van der Waals surface area contributed by atoms with Gasteiger partial charge in [0.15, 0.2) is 0 Å². The molecule has 0 aromatic heterocycles. The summed E-state index contributed by atoms with van der Waals surface area (Å²) in [5.74, 6) is 4.07. The molecule has 1 amide bonds.